The average molecular weight is 531 g/mol. The molecule has 0 saturated carbocycles. The second kappa shape index (κ2) is 10.0. The molecular formula is C25H30IN3O2. The van der Waals surface area contributed by atoms with Crippen molar-refractivity contribution >= 4 is 51.0 Å². The summed E-state index contributed by atoms with van der Waals surface area (Å²) < 4.78 is 7.15. The Labute approximate surface area is 197 Å². The van der Waals surface area contributed by atoms with Gasteiger partial charge in [0.25, 0.3) is 0 Å². The summed E-state index contributed by atoms with van der Waals surface area (Å²) in [5, 5.41) is 6.99. The largest absolute Gasteiger partial charge is 0.461 e. The molecule has 0 bridgehead atoms. The van der Waals surface area contributed by atoms with Crippen LogP contribution in [0.2, 0.25) is 0 Å². The summed E-state index contributed by atoms with van der Waals surface area (Å²) in [6.07, 6.45) is 4.84. The number of benzene rings is 2. The van der Waals surface area contributed by atoms with Gasteiger partial charge in [0.1, 0.15) is 11.3 Å². The summed E-state index contributed by atoms with van der Waals surface area (Å²) in [6, 6.07) is 13.4. The average Bonchev–Trinajstić information content (AvgIpc) is 3.07. The summed E-state index contributed by atoms with van der Waals surface area (Å²) in [6.45, 7) is 7.81. The van der Waals surface area contributed by atoms with E-state index in [0.717, 1.165) is 57.6 Å². The van der Waals surface area contributed by atoms with Crippen LogP contribution in [0.1, 0.15) is 49.8 Å². The molecular weight excluding hydrogens is 501 g/mol. The molecule has 2 aromatic carbocycles. The van der Waals surface area contributed by atoms with Gasteiger partial charge in [0.15, 0.2) is 0 Å². The van der Waals surface area contributed by atoms with Crippen LogP contribution in [0.3, 0.4) is 0 Å². The summed E-state index contributed by atoms with van der Waals surface area (Å²) >= 11 is 2.23. The number of fused-ring (bicyclic) bond motifs is 1. The standard InChI is InChI=1S/C25H30IN3O2/c1-3-4-12-29-13-10-18(11-14-29)24-17(2)31-23-9-8-21(16-22(23)24)28-25(30)27-20-7-5-6-19(26)15-20/h5-9,15-16,18H,3-4,10-14H2,1-2H3,(H2,27,28,30). The highest BCUT2D eigenvalue weighted by Crippen LogP contribution is 2.38. The molecule has 2 amide bonds. The summed E-state index contributed by atoms with van der Waals surface area (Å²) in [5.41, 5.74) is 3.76. The number of carbonyl (C=O) groups excluding carboxylic acids is 1. The van der Waals surface area contributed by atoms with E-state index in [0.29, 0.717) is 5.92 Å². The number of hydrogen-bond donors (Lipinski definition) is 2. The van der Waals surface area contributed by atoms with E-state index in [9.17, 15) is 4.79 Å². The van der Waals surface area contributed by atoms with Crippen LogP contribution in [-0.2, 0) is 0 Å². The second-order valence-corrected chi connectivity index (χ2v) is 9.59. The lowest BCUT2D eigenvalue weighted by Crippen LogP contribution is -2.33. The fourth-order valence-electron chi connectivity index (χ4n) is 4.51. The number of anilines is 2. The Morgan fingerprint density at radius 3 is 2.58 bits per heavy atom. The van der Waals surface area contributed by atoms with Crippen molar-refractivity contribution < 1.29 is 9.21 Å². The van der Waals surface area contributed by atoms with Gasteiger partial charge in [-0.25, -0.2) is 4.79 Å². The first-order chi connectivity index (χ1) is 15.0. The van der Waals surface area contributed by atoms with E-state index < -0.39 is 0 Å². The SMILES string of the molecule is CCCCN1CCC(c2c(C)oc3ccc(NC(=O)Nc4cccc(I)c4)cc23)CC1. The zero-order chi connectivity index (χ0) is 21.8. The monoisotopic (exact) mass is 531 g/mol. The minimum atomic E-state index is -0.243. The molecule has 2 N–H and O–H groups in total. The van der Waals surface area contributed by atoms with Crippen molar-refractivity contribution in [2.24, 2.45) is 0 Å². The Morgan fingerprint density at radius 1 is 1.13 bits per heavy atom. The highest BCUT2D eigenvalue weighted by Gasteiger charge is 2.25. The van der Waals surface area contributed by atoms with Crippen LogP contribution in [0.25, 0.3) is 11.0 Å². The number of nitrogens with zero attached hydrogens (tertiary/aromatic N) is 1. The van der Waals surface area contributed by atoms with Crippen molar-refractivity contribution in [3.05, 3.63) is 57.4 Å². The normalized spacial score (nSPS) is 15.3. The molecule has 6 heteroatoms. The predicted octanol–water partition coefficient (Wildman–Crippen LogP) is 6.97. The number of piperidine rings is 1. The molecule has 0 aliphatic carbocycles. The van der Waals surface area contributed by atoms with Crippen LogP contribution in [-0.4, -0.2) is 30.6 Å². The molecule has 164 valence electrons. The Morgan fingerprint density at radius 2 is 1.87 bits per heavy atom. The minimum Gasteiger partial charge on any atom is -0.461 e. The number of rotatable bonds is 6. The van der Waals surface area contributed by atoms with Gasteiger partial charge < -0.3 is 20.0 Å². The van der Waals surface area contributed by atoms with E-state index in [1.807, 2.05) is 36.4 Å². The predicted molar refractivity (Wildman–Crippen MR) is 136 cm³/mol. The first kappa shape index (κ1) is 22.1. The first-order valence-electron chi connectivity index (χ1n) is 11.1. The van der Waals surface area contributed by atoms with Gasteiger partial charge in [-0.15, -0.1) is 0 Å². The molecule has 0 radical (unpaired) electrons. The lowest BCUT2D eigenvalue weighted by atomic mass is 9.87. The van der Waals surface area contributed by atoms with Gasteiger partial charge in [-0.1, -0.05) is 19.4 Å². The van der Waals surface area contributed by atoms with E-state index in [-0.39, 0.29) is 6.03 Å². The maximum Gasteiger partial charge on any atom is 0.323 e. The number of aryl methyl sites for hydroxylation is 1. The maximum absolute atomic E-state index is 12.5. The van der Waals surface area contributed by atoms with Crippen molar-refractivity contribution in [3.63, 3.8) is 0 Å². The molecule has 5 nitrogen and oxygen atoms in total. The fourth-order valence-corrected chi connectivity index (χ4v) is 5.05. The van der Waals surface area contributed by atoms with E-state index in [2.05, 4.69) is 58.0 Å². The fraction of sp³-hybridized carbons (Fsp3) is 0.400. The Balaban J connectivity index is 1.48. The van der Waals surface area contributed by atoms with Crippen LogP contribution in [0.5, 0.6) is 0 Å². The van der Waals surface area contributed by atoms with E-state index in [1.165, 1.54) is 24.9 Å². The highest BCUT2D eigenvalue weighted by molar-refractivity contribution is 14.1. The molecule has 3 aromatic rings. The van der Waals surface area contributed by atoms with Crippen LogP contribution in [0.15, 0.2) is 46.9 Å². The number of carbonyl (C=O) groups is 1. The molecule has 1 aliphatic heterocycles. The summed E-state index contributed by atoms with van der Waals surface area (Å²) in [7, 11) is 0. The Bertz CT molecular complexity index is 1050. The van der Waals surface area contributed by atoms with Gasteiger partial charge >= 0.3 is 6.03 Å². The van der Waals surface area contributed by atoms with E-state index in [4.69, 9.17) is 4.42 Å². The summed E-state index contributed by atoms with van der Waals surface area (Å²) in [4.78, 5) is 15.1. The van der Waals surface area contributed by atoms with Gasteiger partial charge in [-0.3, -0.25) is 0 Å². The third kappa shape index (κ3) is 5.41. The number of amides is 2. The topological polar surface area (TPSA) is 57.5 Å². The number of nitrogens with one attached hydrogen (secondary N) is 2. The third-order valence-corrected chi connectivity index (χ3v) is 6.75. The number of likely N-dealkylation sites (tertiary alicyclic amines) is 1. The quantitative estimate of drug-likeness (QED) is 0.338. The van der Waals surface area contributed by atoms with Gasteiger partial charge in [-0.05, 0) is 111 Å². The summed E-state index contributed by atoms with van der Waals surface area (Å²) in [5.74, 6) is 1.51. The van der Waals surface area contributed by atoms with Gasteiger partial charge in [0.05, 0.1) is 0 Å². The van der Waals surface area contributed by atoms with Crippen molar-refractivity contribution in [1.29, 1.82) is 0 Å². The molecule has 1 aromatic heterocycles. The second-order valence-electron chi connectivity index (χ2n) is 8.34. The van der Waals surface area contributed by atoms with Crippen LogP contribution in [0.4, 0.5) is 16.2 Å². The number of urea groups is 1. The first-order valence-corrected chi connectivity index (χ1v) is 12.2. The molecule has 0 unspecified atom stereocenters. The third-order valence-electron chi connectivity index (χ3n) is 6.08. The zero-order valence-electron chi connectivity index (χ0n) is 18.2. The number of hydrogen-bond acceptors (Lipinski definition) is 3. The number of unbranched alkanes of at least 4 members (excludes halogenated alkanes) is 1. The maximum atomic E-state index is 12.5. The molecule has 1 saturated heterocycles. The van der Waals surface area contributed by atoms with Crippen LogP contribution in [0, 0.1) is 10.5 Å². The molecule has 1 fully saturated rings. The van der Waals surface area contributed by atoms with E-state index in [1.54, 1.807) is 0 Å². The smallest absolute Gasteiger partial charge is 0.323 e. The molecule has 1 aliphatic rings. The van der Waals surface area contributed by atoms with Crippen LogP contribution < -0.4 is 10.6 Å². The van der Waals surface area contributed by atoms with Crippen molar-refractivity contribution in [3.8, 4) is 0 Å². The van der Waals surface area contributed by atoms with Gasteiger partial charge in [0.2, 0.25) is 0 Å². The number of furan rings is 1. The number of halogens is 1. The van der Waals surface area contributed by atoms with Gasteiger partial charge in [-0.2, -0.15) is 0 Å². The van der Waals surface area contributed by atoms with Crippen molar-refractivity contribution in [2.45, 2.75) is 45.4 Å². The van der Waals surface area contributed by atoms with E-state index >= 15 is 0 Å². The van der Waals surface area contributed by atoms with Gasteiger partial charge in [0, 0.05) is 25.9 Å². The minimum absolute atomic E-state index is 0.243. The molecule has 0 spiro atoms. The lowest BCUT2D eigenvalue weighted by molar-refractivity contribution is 0.209. The van der Waals surface area contributed by atoms with Crippen molar-refractivity contribution in [1.82, 2.24) is 4.90 Å². The molecule has 4 rings (SSSR count). The Hall–Kier alpha value is -2.06. The molecule has 0 atom stereocenters. The Kier molecular flexibility index (Phi) is 7.17. The molecule has 31 heavy (non-hydrogen) atoms. The van der Waals surface area contributed by atoms with Crippen molar-refractivity contribution in [2.75, 3.05) is 30.3 Å². The molecule has 2 heterocycles. The van der Waals surface area contributed by atoms with Crippen LogP contribution >= 0.6 is 22.6 Å². The lowest BCUT2D eigenvalue weighted by Gasteiger charge is -2.32. The highest BCUT2D eigenvalue weighted by atomic mass is 127. The zero-order valence-corrected chi connectivity index (χ0v) is 20.4.